The fraction of sp³-hybridized carbons (Fsp3) is 0.462. The number of rotatable bonds is 10. The van der Waals surface area contributed by atoms with Crippen molar-refractivity contribution in [3.05, 3.63) is 53.6 Å². The summed E-state index contributed by atoms with van der Waals surface area (Å²) >= 11 is 1.50. The maximum Gasteiger partial charge on any atom is 0.260 e. The normalized spacial score (nSPS) is 15.0. The summed E-state index contributed by atoms with van der Waals surface area (Å²) in [5, 5.41) is 0.658. The molecule has 194 valence electrons. The van der Waals surface area contributed by atoms with Crippen LogP contribution >= 0.6 is 11.3 Å². The lowest BCUT2D eigenvalue weighted by Gasteiger charge is -2.27. The summed E-state index contributed by atoms with van der Waals surface area (Å²) in [4.78, 5) is 22.8. The van der Waals surface area contributed by atoms with E-state index in [1.165, 1.54) is 27.8 Å². The maximum atomic E-state index is 13.7. The minimum Gasteiger partial charge on any atom is -0.379 e. The number of ether oxygens (including phenoxy) is 1. The molecule has 1 amide bonds. The number of hydrogen-bond donors (Lipinski definition) is 0. The first-order valence-electron chi connectivity index (χ1n) is 12.4. The van der Waals surface area contributed by atoms with Gasteiger partial charge in [0.25, 0.3) is 5.91 Å². The first kappa shape index (κ1) is 26.7. The monoisotopic (exact) mass is 530 g/mol. The Bertz CT molecular complexity index is 1280. The number of fused-ring (bicyclic) bond motifs is 1. The fourth-order valence-corrected chi connectivity index (χ4v) is 6.92. The average Bonchev–Trinajstić information content (AvgIpc) is 3.33. The van der Waals surface area contributed by atoms with Crippen LogP contribution < -0.4 is 4.90 Å². The summed E-state index contributed by atoms with van der Waals surface area (Å²) in [5.41, 5.74) is 2.42. The Balaban J connectivity index is 1.59. The van der Waals surface area contributed by atoms with Crippen LogP contribution in [0.15, 0.2) is 47.4 Å². The average molecular weight is 531 g/mol. The molecule has 1 aliphatic heterocycles. The van der Waals surface area contributed by atoms with Crippen molar-refractivity contribution in [2.24, 2.45) is 0 Å². The van der Waals surface area contributed by atoms with Gasteiger partial charge in [-0.25, -0.2) is 13.4 Å². The molecule has 1 aliphatic rings. The van der Waals surface area contributed by atoms with Crippen LogP contribution in [0.1, 0.15) is 36.2 Å². The third kappa shape index (κ3) is 5.78. The van der Waals surface area contributed by atoms with Crippen LogP contribution in [0.3, 0.4) is 0 Å². The molecule has 0 spiro atoms. The van der Waals surface area contributed by atoms with Gasteiger partial charge in [0.15, 0.2) is 5.13 Å². The van der Waals surface area contributed by atoms with Crippen molar-refractivity contribution in [2.45, 2.75) is 32.1 Å². The van der Waals surface area contributed by atoms with E-state index in [9.17, 15) is 13.2 Å². The summed E-state index contributed by atoms with van der Waals surface area (Å²) in [6.07, 6.45) is 0.801. The molecule has 2 aromatic carbocycles. The SMILES string of the molecule is CCN(CC)S(=O)(=O)c1ccc(C(=O)N(CCCN2CCOCC2)c2nc3c(C)cccc3s2)cc1. The minimum absolute atomic E-state index is 0.180. The summed E-state index contributed by atoms with van der Waals surface area (Å²) in [6.45, 7) is 11.1. The van der Waals surface area contributed by atoms with E-state index in [0.29, 0.717) is 30.3 Å². The van der Waals surface area contributed by atoms with Crippen molar-refractivity contribution in [1.82, 2.24) is 14.2 Å². The predicted molar refractivity (Wildman–Crippen MR) is 144 cm³/mol. The molecule has 0 radical (unpaired) electrons. The standard InChI is InChI=1S/C26H34N4O4S2/c1-4-29(5-2)36(32,33)22-12-10-21(11-13-22)25(31)30(15-7-14-28-16-18-34-19-17-28)26-27-24-20(3)8-6-9-23(24)35-26/h6,8-13H,4-5,7,14-19H2,1-3H3. The van der Waals surface area contributed by atoms with Gasteiger partial charge in [-0.1, -0.05) is 37.3 Å². The zero-order chi connectivity index (χ0) is 25.7. The van der Waals surface area contributed by atoms with Gasteiger partial charge in [-0.15, -0.1) is 0 Å². The number of carbonyl (C=O) groups is 1. The number of carbonyl (C=O) groups excluding carboxylic acids is 1. The van der Waals surface area contributed by atoms with E-state index >= 15 is 0 Å². The van der Waals surface area contributed by atoms with E-state index < -0.39 is 10.0 Å². The second-order valence-electron chi connectivity index (χ2n) is 8.80. The Labute approximate surface area is 217 Å². The van der Waals surface area contributed by atoms with Crippen LogP contribution in [-0.4, -0.2) is 81.0 Å². The van der Waals surface area contributed by atoms with Crippen LogP contribution in [0.5, 0.6) is 0 Å². The van der Waals surface area contributed by atoms with E-state index in [-0.39, 0.29) is 10.8 Å². The highest BCUT2D eigenvalue weighted by molar-refractivity contribution is 7.89. The van der Waals surface area contributed by atoms with E-state index in [1.54, 1.807) is 17.0 Å². The highest BCUT2D eigenvalue weighted by atomic mass is 32.2. The van der Waals surface area contributed by atoms with Crippen molar-refractivity contribution < 1.29 is 17.9 Å². The lowest BCUT2D eigenvalue weighted by atomic mass is 10.2. The number of sulfonamides is 1. The van der Waals surface area contributed by atoms with Gasteiger partial charge in [-0.3, -0.25) is 14.6 Å². The molecule has 0 aliphatic carbocycles. The molecule has 1 aromatic heterocycles. The molecule has 36 heavy (non-hydrogen) atoms. The number of aromatic nitrogens is 1. The molecular weight excluding hydrogens is 496 g/mol. The Hall–Kier alpha value is -2.37. The molecule has 10 heteroatoms. The number of hydrogen-bond acceptors (Lipinski definition) is 7. The minimum atomic E-state index is -3.58. The zero-order valence-corrected chi connectivity index (χ0v) is 22.8. The molecule has 2 heterocycles. The lowest BCUT2D eigenvalue weighted by molar-refractivity contribution is 0.0376. The number of nitrogens with zero attached hydrogens (tertiary/aromatic N) is 4. The van der Waals surface area contributed by atoms with Crippen molar-refractivity contribution in [1.29, 1.82) is 0 Å². The largest absolute Gasteiger partial charge is 0.379 e. The second kappa shape index (κ2) is 11.8. The predicted octanol–water partition coefficient (Wildman–Crippen LogP) is 4.00. The van der Waals surface area contributed by atoms with E-state index in [2.05, 4.69) is 4.90 Å². The Kier molecular flexibility index (Phi) is 8.74. The lowest BCUT2D eigenvalue weighted by Crippen LogP contribution is -2.39. The van der Waals surface area contributed by atoms with Crippen LogP contribution in [-0.2, 0) is 14.8 Å². The Morgan fingerprint density at radius 2 is 1.78 bits per heavy atom. The van der Waals surface area contributed by atoms with Crippen LogP contribution in [0.4, 0.5) is 5.13 Å². The van der Waals surface area contributed by atoms with Gasteiger partial charge in [-0.2, -0.15) is 4.31 Å². The fourth-order valence-electron chi connectivity index (χ4n) is 4.39. The topological polar surface area (TPSA) is 83.1 Å². The third-order valence-electron chi connectivity index (χ3n) is 6.49. The number of amides is 1. The molecular formula is C26H34N4O4S2. The Morgan fingerprint density at radius 1 is 1.08 bits per heavy atom. The van der Waals surface area contributed by atoms with Gasteiger partial charge in [0.1, 0.15) is 0 Å². The van der Waals surface area contributed by atoms with Crippen molar-refractivity contribution in [3.8, 4) is 0 Å². The van der Waals surface area contributed by atoms with Gasteiger partial charge in [0.2, 0.25) is 10.0 Å². The van der Waals surface area contributed by atoms with Crippen molar-refractivity contribution in [2.75, 3.05) is 57.4 Å². The zero-order valence-electron chi connectivity index (χ0n) is 21.1. The van der Waals surface area contributed by atoms with E-state index in [4.69, 9.17) is 9.72 Å². The third-order valence-corrected chi connectivity index (χ3v) is 9.60. The Morgan fingerprint density at radius 3 is 2.42 bits per heavy atom. The molecule has 0 N–H and O–H groups in total. The van der Waals surface area contributed by atoms with Gasteiger partial charge >= 0.3 is 0 Å². The quantitative estimate of drug-likeness (QED) is 0.394. The molecule has 4 rings (SSSR count). The summed E-state index contributed by atoms with van der Waals surface area (Å²) in [5.74, 6) is -0.180. The molecule has 1 saturated heterocycles. The molecule has 1 fully saturated rings. The summed E-state index contributed by atoms with van der Waals surface area (Å²) < 4.78 is 33.6. The number of aryl methyl sites for hydroxylation is 1. The molecule has 0 atom stereocenters. The van der Waals surface area contributed by atoms with Crippen LogP contribution in [0.2, 0.25) is 0 Å². The highest BCUT2D eigenvalue weighted by Crippen LogP contribution is 2.31. The second-order valence-corrected chi connectivity index (χ2v) is 11.7. The first-order chi connectivity index (χ1) is 17.3. The van der Waals surface area contributed by atoms with E-state index in [1.807, 2.05) is 39.0 Å². The summed E-state index contributed by atoms with van der Waals surface area (Å²) in [7, 11) is -3.58. The number of para-hydroxylation sites is 1. The number of anilines is 1. The molecule has 0 unspecified atom stereocenters. The molecule has 3 aromatic rings. The smallest absolute Gasteiger partial charge is 0.260 e. The van der Waals surface area contributed by atoms with E-state index in [0.717, 1.165) is 55.0 Å². The van der Waals surface area contributed by atoms with Crippen molar-refractivity contribution in [3.63, 3.8) is 0 Å². The number of benzene rings is 2. The number of thiazole rings is 1. The maximum absolute atomic E-state index is 13.7. The molecule has 8 nitrogen and oxygen atoms in total. The van der Waals surface area contributed by atoms with Gasteiger partial charge in [-0.05, 0) is 49.2 Å². The highest BCUT2D eigenvalue weighted by Gasteiger charge is 2.25. The van der Waals surface area contributed by atoms with Gasteiger partial charge < -0.3 is 4.74 Å². The summed E-state index contributed by atoms with van der Waals surface area (Å²) in [6, 6.07) is 12.3. The molecule has 0 bridgehead atoms. The first-order valence-corrected chi connectivity index (χ1v) is 14.7. The van der Waals surface area contributed by atoms with Crippen molar-refractivity contribution >= 4 is 42.6 Å². The van der Waals surface area contributed by atoms with Gasteiger partial charge in [0, 0.05) is 44.8 Å². The number of morpholine rings is 1. The van der Waals surface area contributed by atoms with Crippen LogP contribution in [0.25, 0.3) is 10.2 Å². The van der Waals surface area contributed by atoms with Crippen LogP contribution in [0, 0.1) is 6.92 Å². The van der Waals surface area contributed by atoms with Gasteiger partial charge in [0.05, 0.1) is 28.3 Å². The molecule has 0 saturated carbocycles.